The predicted molar refractivity (Wildman–Crippen MR) is 105 cm³/mol. The number of fused-ring (bicyclic) bond motifs is 1. The fraction of sp³-hybridized carbons (Fsp3) is 0.316. The number of amides is 1. The van der Waals surface area contributed by atoms with Gasteiger partial charge in [-0.2, -0.15) is 22.7 Å². The number of hydrogen-bond donors (Lipinski definition) is 1. The quantitative estimate of drug-likeness (QED) is 0.529. The molecule has 1 aliphatic rings. The molecule has 33 heavy (non-hydrogen) atoms. The smallest absolute Gasteiger partial charge is 0.286 e. The molecule has 0 bridgehead atoms. The summed E-state index contributed by atoms with van der Waals surface area (Å²) in [5.41, 5.74) is 1.02. The summed E-state index contributed by atoms with van der Waals surface area (Å²) in [6.45, 7) is -0.604. The Morgan fingerprint density at radius 2 is 1.79 bits per heavy atom. The molecule has 1 aliphatic heterocycles. The van der Waals surface area contributed by atoms with Crippen LogP contribution in [0.25, 0.3) is 0 Å². The van der Waals surface area contributed by atoms with Crippen molar-refractivity contribution in [2.45, 2.75) is 37.4 Å². The highest BCUT2D eigenvalue weighted by atomic mass is 32.2. The first-order valence-electron chi connectivity index (χ1n) is 9.54. The number of aliphatic hydroxyl groups is 1. The van der Waals surface area contributed by atoms with E-state index in [4.69, 9.17) is 5.11 Å². The van der Waals surface area contributed by atoms with Crippen LogP contribution in [0, 0.1) is 11.6 Å². The van der Waals surface area contributed by atoms with Crippen molar-refractivity contribution in [3.63, 3.8) is 0 Å². The van der Waals surface area contributed by atoms with Crippen LogP contribution < -0.4 is 0 Å². The molecular formula is C19H19F4N5O4S. The normalized spacial score (nSPS) is 13.1. The van der Waals surface area contributed by atoms with Crippen molar-refractivity contribution < 1.29 is 35.9 Å². The Bertz CT molecular complexity index is 1180. The fourth-order valence-corrected chi connectivity index (χ4v) is 4.07. The number of alkyl halides is 2. The maximum atomic E-state index is 12.5. The number of aromatic nitrogens is 4. The van der Waals surface area contributed by atoms with Crippen LogP contribution in [0.2, 0.25) is 0 Å². The van der Waals surface area contributed by atoms with Crippen molar-refractivity contribution in [3.8, 4) is 0 Å². The van der Waals surface area contributed by atoms with Gasteiger partial charge in [0.05, 0.1) is 25.0 Å². The third kappa shape index (κ3) is 5.76. The van der Waals surface area contributed by atoms with E-state index in [2.05, 4.69) is 10.2 Å². The Kier molecular flexibility index (Phi) is 7.48. The summed E-state index contributed by atoms with van der Waals surface area (Å²) in [4.78, 5) is 13.0. The van der Waals surface area contributed by atoms with Gasteiger partial charge in [-0.05, 0) is 12.1 Å². The van der Waals surface area contributed by atoms with E-state index in [1.807, 2.05) is 0 Å². The molecule has 3 heterocycles. The van der Waals surface area contributed by atoms with Gasteiger partial charge in [0.25, 0.3) is 16.4 Å². The van der Waals surface area contributed by atoms with Gasteiger partial charge in [0.1, 0.15) is 11.4 Å². The van der Waals surface area contributed by atoms with E-state index in [9.17, 15) is 30.8 Å². The van der Waals surface area contributed by atoms with Crippen molar-refractivity contribution in [1.82, 2.24) is 23.9 Å². The van der Waals surface area contributed by atoms with E-state index in [0.29, 0.717) is 11.3 Å². The van der Waals surface area contributed by atoms with Crippen LogP contribution in [0.1, 0.15) is 17.7 Å². The minimum Gasteiger partial charge on any atom is -0.396 e. The van der Waals surface area contributed by atoms with Crippen LogP contribution in [0.3, 0.4) is 0 Å². The van der Waals surface area contributed by atoms with Crippen LogP contribution in [-0.4, -0.2) is 56.3 Å². The fourth-order valence-electron chi connectivity index (χ4n) is 2.95. The first-order valence-corrected chi connectivity index (χ1v) is 11.0. The summed E-state index contributed by atoms with van der Waals surface area (Å²) < 4.78 is 75.2. The Hall–Kier alpha value is -3.26. The number of benzene rings is 1. The van der Waals surface area contributed by atoms with Gasteiger partial charge in [-0.1, -0.05) is 12.1 Å². The number of halogens is 4. The average molecular weight is 489 g/mol. The molecule has 0 unspecified atom stereocenters. The Balaban J connectivity index is 0.000000323. The molecule has 9 nitrogen and oxygen atoms in total. The second-order valence-corrected chi connectivity index (χ2v) is 8.70. The van der Waals surface area contributed by atoms with Crippen molar-refractivity contribution in [2.24, 2.45) is 0 Å². The molecule has 0 saturated carbocycles. The number of hydrogen-bond acceptors (Lipinski definition) is 6. The zero-order valence-corrected chi connectivity index (χ0v) is 17.8. The number of nitrogens with zero attached hydrogens (tertiary/aromatic N) is 5. The molecule has 0 fully saturated rings. The summed E-state index contributed by atoms with van der Waals surface area (Å²) in [5.74, 6) is -1.84. The number of carbonyl (C=O) groups is 1. The topological polar surface area (TPSA) is 110 Å². The zero-order chi connectivity index (χ0) is 24.2. The van der Waals surface area contributed by atoms with Gasteiger partial charge in [-0.3, -0.25) is 9.48 Å². The second kappa shape index (κ2) is 10.1. The van der Waals surface area contributed by atoms with E-state index >= 15 is 0 Å². The standard InChI is InChI=1S/C13H15F2N5O4S.C6H4F2/c14-12(15)8-19-6-10(3-16-19)25(23,24)20-5-9-4-18(7-11(9)17-20)13(22)1-2-21;7-5-3-1-2-4-6(5)8/h3,5-6,12,21H,1-2,4,7-8H2;1-4H. The maximum Gasteiger partial charge on any atom is 0.286 e. The van der Waals surface area contributed by atoms with Gasteiger partial charge in [0, 0.05) is 30.9 Å². The highest BCUT2D eigenvalue weighted by Gasteiger charge is 2.29. The van der Waals surface area contributed by atoms with E-state index in [1.165, 1.54) is 23.2 Å². The lowest BCUT2D eigenvalue weighted by atomic mass is 10.3. The second-order valence-electron chi connectivity index (χ2n) is 6.91. The molecule has 2 aromatic heterocycles. The molecular weight excluding hydrogens is 470 g/mol. The zero-order valence-electron chi connectivity index (χ0n) is 17.0. The van der Waals surface area contributed by atoms with Gasteiger partial charge in [-0.25, -0.2) is 17.6 Å². The lowest BCUT2D eigenvalue weighted by Gasteiger charge is -2.14. The molecule has 178 valence electrons. The third-order valence-electron chi connectivity index (χ3n) is 4.54. The Morgan fingerprint density at radius 1 is 1.12 bits per heavy atom. The van der Waals surface area contributed by atoms with Gasteiger partial charge in [0.15, 0.2) is 11.6 Å². The molecule has 0 atom stereocenters. The molecule has 0 spiro atoms. The van der Waals surface area contributed by atoms with Crippen molar-refractivity contribution in [2.75, 3.05) is 6.61 Å². The monoisotopic (exact) mass is 489 g/mol. The van der Waals surface area contributed by atoms with Gasteiger partial charge >= 0.3 is 0 Å². The average Bonchev–Trinajstić information content (AvgIpc) is 3.45. The van der Waals surface area contributed by atoms with Crippen molar-refractivity contribution in [1.29, 1.82) is 0 Å². The Labute approximate surface area is 185 Å². The van der Waals surface area contributed by atoms with Crippen molar-refractivity contribution >= 4 is 15.9 Å². The highest BCUT2D eigenvalue weighted by Crippen LogP contribution is 2.24. The molecule has 4 rings (SSSR count). The van der Waals surface area contributed by atoms with Gasteiger partial charge in [-0.15, -0.1) is 0 Å². The summed E-state index contributed by atoms with van der Waals surface area (Å²) in [6, 6.07) is 5.04. The van der Waals surface area contributed by atoms with Gasteiger partial charge < -0.3 is 10.0 Å². The lowest BCUT2D eigenvalue weighted by molar-refractivity contribution is -0.132. The largest absolute Gasteiger partial charge is 0.396 e. The van der Waals surface area contributed by atoms with Crippen LogP contribution >= 0.6 is 0 Å². The number of carbonyl (C=O) groups excluding carboxylic acids is 1. The molecule has 1 N–H and O–H groups in total. The van der Waals surface area contributed by atoms with E-state index in [-0.39, 0.29) is 36.9 Å². The third-order valence-corrected chi connectivity index (χ3v) is 6.03. The van der Waals surface area contributed by atoms with Crippen molar-refractivity contribution in [3.05, 3.63) is 65.7 Å². The molecule has 0 aliphatic carbocycles. The molecule has 0 radical (unpaired) electrons. The molecule has 14 heteroatoms. The lowest BCUT2D eigenvalue weighted by Crippen LogP contribution is -2.26. The number of aliphatic hydroxyl groups excluding tert-OH is 1. The number of rotatable bonds is 6. The van der Waals surface area contributed by atoms with E-state index < -0.39 is 34.6 Å². The van der Waals surface area contributed by atoms with Gasteiger partial charge in [0.2, 0.25) is 5.91 Å². The van der Waals surface area contributed by atoms with Crippen LogP contribution in [-0.2, 0) is 34.5 Å². The summed E-state index contributed by atoms with van der Waals surface area (Å²) in [7, 11) is -4.05. The summed E-state index contributed by atoms with van der Waals surface area (Å²) in [6.07, 6.45) is 0.645. The molecule has 0 saturated heterocycles. The molecule has 1 amide bonds. The van der Waals surface area contributed by atoms with E-state index in [0.717, 1.165) is 33.3 Å². The SMILES string of the molecule is Fc1ccccc1F.O=C(CCO)N1Cc2cn(S(=O)(=O)c3cnn(CC(F)F)c3)nc2C1. The van der Waals surface area contributed by atoms with Crippen LogP contribution in [0.15, 0.2) is 47.8 Å². The molecule has 3 aromatic rings. The maximum absolute atomic E-state index is 12.5. The van der Waals surface area contributed by atoms with Crippen LogP contribution in [0.5, 0.6) is 0 Å². The van der Waals surface area contributed by atoms with Crippen LogP contribution in [0.4, 0.5) is 17.6 Å². The highest BCUT2D eigenvalue weighted by molar-refractivity contribution is 7.89. The minimum atomic E-state index is -4.05. The first kappa shape index (κ1) is 24.4. The predicted octanol–water partition coefficient (Wildman–Crippen LogP) is 1.77. The van der Waals surface area contributed by atoms with E-state index in [1.54, 1.807) is 0 Å². The first-order chi connectivity index (χ1) is 15.6. The Morgan fingerprint density at radius 3 is 2.33 bits per heavy atom. The minimum absolute atomic E-state index is 0.00804. The summed E-state index contributed by atoms with van der Waals surface area (Å²) >= 11 is 0. The molecule has 1 aromatic carbocycles. The summed E-state index contributed by atoms with van der Waals surface area (Å²) in [5, 5.41) is 16.4.